The average molecular weight is 287 g/mol. The molecule has 0 spiro atoms. The molecule has 0 amide bonds. The zero-order valence-electron chi connectivity index (χ0n) is 14.2. The maximum absolute atomic E-state index is 3.84. The first-order chi connectivity index (χ1) is 10.2. The average Bonchev–Trinajstić information content (AvgIpc) is 2.93. The minimum absolute atomic E-state index is 0.555. The van der Waals surface area contributed by atoms with E-state index in [1.165, 1.54) is 50.5 Å². The second-order valence-corrected chi connectivity index (χ2v) is 7.30. The van der Waals surface area contributed by atoms with Crippen LogP contribution in [0.15, 0.2) is 30.3 Å². The highest BCUT2D eigenvalue weighted by atomic mass is 14.9. The summed E-state index contributed by atoms with van der Waals surface area (Å²) in [6, 6.07) is 11.7. The van der Waals surface area contributed by atoms with Crippen LogP contribution in [0.4, 0.5) is 0 Å². The van der Waals surface area contributed by atoms with Crippen molar-refractivity contribution in [2.45, 2.75) is 71.8 Å². The predicted octanol–water partition coefficient (Wildman–Crippen LogP) is 5.20. The zero-order valence-corrected chi connectivity index (χ0v) is 14.2. The van der Waals surface area contributed by atoms with Crippen molar-refractivity contribution in [1.29, 1.82) is 0 Å². The molecule has 1 aliphatic rings. The number of hydrogen-bond acceptors (Lipinski definition) is 1. The minimum atomic E-state index is 0.555. The molecule has 2 rings (SSSR count). The molecular formula is C20H33N. The Hall–Kier alpha value is -0.820. The van der Waals surface area contributed by atoms with Gasteiger partial charge < -0.3 is 5.32 Å². The van der Waals surface area contributed by atoms with Crippen molar-refractivity contribution in [3.8, 4) is 0 Å². The van der Waals surface area contributed by atoms with Gasteiger partial charge in [0.2, 0.25) is 0 Å². The lowest BCUT2D eigenvalue weighted by molar-refractivity contribution is 0.149. The molecule has 0 saturated heterocycles. The van der Waals surface area contributed by atoms with E-state index in [0.29, 0.717) is 11.5 Å². The van der Waals surface area contributed by atoms with Crippen LogP contribution in [0.3, 0.4) is 0 Å². The molecule has 1 nitrogen and oxygen atoms in total. The summed E-state index contributed by atoms with van der Waals surface area (Å²) in [4.78, 5) is 0. The van der Waals surface area contributed by atoms with Crippen LogP contribution >= 0.6 is 0 Å². The Kier molecular flexibility index (Phi) is 6.29. The Bertz CT molecular complexity index is 390. The van der Waals surface area contributed by atoms with Gasteiger partial charge in [-0.05, 0) is 55.5 Å². The van der Waals surface area contributed by atoms with E-state index in [1.807, 2.05) is 0 Å². The molecule has 0 aromatic heterocycles. The molecule has 1 N–H and O–H groups in total. The van der Waals surface area contributed by atoms with Crippen molar-refractivity contribution in [3.05, 3.63) is 35.9 Å². The fourth-order valence-electron chi connectivity index (χ4n) is 4.41. The third-order valence-electron chi connectivity index (χ3n) is 5.17. The molecule has 1 heteroatoms. The summed E-state index contributed by atoms with van der Waals surface area (Å²) in [7, 11) is 0. The van der Waals surface area contributed by atoms with E-state index in [0.717, 1.165) is 12.5 Å². The van der Waals surface area contributed by atoms with Gasteiger partial charge in [-0.3, -0.25) is 0 Å². The Labute approximate surface area is 131 Å². The minimum Gasteiger partial charge on any atom is -0.314 e. The molecule has 1 atom stereocenters. The number of rotatable bonds is 8. The molecule has 1 saturated carbocycles. The lowest BCUT2D eigenvalue weighted by Gasteiger charge is -2.40. The first kappa shape index (κ1) is 16.5. The highest BCUT2D eigenvalue weighted by Gasteiger charge is 2.40. The Balaban J connectivity index is 2.04. The van der Waals surface area contributed by atoms with Gasteiger partial charge in [-0.15, -0.1) is 0 Å². The van der Waals surface area contributed by atoms with Gasteiger partial charge in [0.15, 0.2) is 0 Å². The summed E-state index contributed by atoms with van der Waals surface area (Å²) in [5.41, 5.74) is 2.04. The van der Waals surface area contributed by atoms with Crippen molar-refractivity contribution in [3.63, 3.8) is 0 Å². The highest BCUT2D eigenvalue weighted by molar-refractivity contribution is 5.15. The summed E-state index contributed by atoms with van der Waals surface area (Å²) in [5.74, 6) is 0.806. The smallest absolute Gasteiger partial charge is 0.0127 e. The molecule has 1 aliphatic carbocycles. The molecule has 0 aliphatic heterocycles. The van der Waals surface area contributed by atoms with Crippen LogP contribution in [-0.4, -0.2) is 12.6 Å². The monoisotopic (exact) mass is 287 g/mol. The Morgan fingerprint density at radius 1 is 1.10 bits per heavy atom. The topological polar surface area (TPSA) is 12.0 Å². The second-order valence-electron chi connectivity index (χ2n) is 7.30. The van der Waals surface area contributed by atoms with Crippen LogP contribution in [0.25, 0.3) is 0 Å². The van der Waals surface area contributed by atoms with Crippen molar-refractivity contribution in [1.82, 2.24) is 5.32 Å². The molecule has 0 bridgehead atoms. The molecular weight excluding hydrogens is 254 g/mol. The number of aryl methyl sites for hydroxylation is 1. The maximum atomic E-state index is 3.84. The maximum Gasteiger partial charge on any atom is 0.0127 e. The zero-order chi connectivity index (χ0) is 15.1. The quantitative estimate of drug-likeness (QED) is 0.692. The van der Waals surface area contributed by atoms with Crippen LogP contribution in [0.1, 0.15) is 64.9 Å². The standard InChI is InChI=1S/C20H33N/c1-4-21-19(13-12-18-10-6-5-7-11-18)20(16-17(2)3)14-8-9-15-20/h5-7,10-11,17,19,21H,4,8-9,12-16H2,1-3H3. The van der Waals surface area contributed by atoms with E-state index in [2.05, 4.69) is 56.4 Å². The predicted molar refractivity (Wildman–Crippen MR) is 92.6 cm³/mol. The largest absolute Gasteiger partial charge is 0.314 e. The number of benzene rings is 1. The molecule has 1 aromatic carbocycles. The first-order valence-corrected chi connectivity index (χ1v) is 8.93. The molecule has 0 radical (unpaired) electrons. The summed E-state index contributed by atoms with van der Waals surface area (Å²) < 4.78 is 0. The van der Waals surface area contributed by atoms with Crippen LogP contribution in [0.2, 0.25) is 0 Å². The summed E-state index contributed by atoms with van der Waals surface area (Å²) in [6.45, 7) is 8.13. The lowest BCUT2D eigenvalue weighted by Crippen LogP contribution is -2.45. The summed E-state index contributed by atoms with van der Waals surface area (Å²) in [5, 5.41) is 3.84. The van der Waals surface area contributed by atoms with E-state index in [4.69, 9.17) is 0 Å². The molecule has 21 heavy (non-hydrogen) atoms. The molecule has 118 valence electrons. The van der Waals surface area contributed by atoms with Crippen molar-refractivity contribution < 1.29 is 0 Å². The Morgan fingerprint density at radius 3 is 2.33 bits per heavy atom. The molecule has 1 aromatic rings. The van der Waals surface area contributed by atoms with Gasteiger partial charge in [0, 0.05) is 6.04 Å². The number of nitrogens with one attached hydrogen (secondary N) is 1. The third kappa shape index (κ3) is 4.57. The fourth-order valence-corrected chi connectivity index (χ4v) is 4.41. The van der Waals surface area contributed by atoms with Crippen molar-refractivity contribution in [2.75, 3.05) is 6.54 Å². The third-order valence-corrected chi connectivity index (χ3v) is 5.17. The van der Waals surface area contributed by atoms with E-state index < -0.39 is 0 Å². The number of hydrogen-bond donors (Lipinski definition) is 1. The first-order valence-electron chi connectivity index (χ1n) is 8.93. The van der Waals surface area contributed by atoms with Crippen LogP contribution in [-0.2, 0) is 6.42 Å². The van der Waals surface area contributed by atoms with E-state index in [1.54, 1.807) is 0 Å². The van der Waals surface area contributed by atoms with E-state index in [9.17, 15) is 0 Å². The summed E-state index contributed by atoms with van der Waals surface area (Å²) >= 11 is 0. The van der Waals surface area contributed by atoms with Gasteiger partial charge in [-0.25, -0.2) is 0 Å². The summed E-state index contributed by atoms with van der Waals surface area (Å²) in [6.07, 6.45) is 9.59. The highest BCUT2D eigenvalue weighted by Crippen LogP contribution is 2.47. The van der Waals surface area contributed by atoms with E-state index >= 15 is 0 Å². The second kappa shape index (κ2) is 7.98. The van der Waals surface area contributed by atoms with Gasteiger partial charge in [0.1, 0.15) is 0 Å². The van der Waals surface area contributed by atoms with Crippen molar-refractivity contribution >= 4 is 0 Å². The van der Waals surface area contributed by atoms with Gasteiger partial charge in [0.05, 0.1) is 0 Å². The van der Waals surface area contributed by atoms with Gasteiger partial charge in [-0.2, -0.15) is 0 Å². The van der Waals surface area contributed by atoms with Gasteiger partial charge in [0.25, 0.3) is 0 Å². The SMILES string of the molecule is CCNC(CCc1ccccc1)C1(CC(C)C)CCCC1. The Morgan fingerprint density at radius 2 is 1.76 bits per heavy atom. The molecule has 0 heterocycles. The van der Waals surface area contributed by atoms with Crippen molar-refractivity contribution in [2.24, 2.45) is 11.3 Å². The molecule has 1 unspecified atom stereocenters. The fraction of sp³-hybridized carbons (Fsp3) is 0.700. The van der Waals surface area contributed by atoms with Crippen LogP contribution in [0, 0.1) is 11.3 Å². The lowest BCUT2D eigenvalue weighted by atomic mass is 9.71. The molecule has 1 fully saturated rings. The van der Waals surface area contributed by atoms with Crippen LogP contribution in [0.5, 0.6) is 0 Å². The van der Waals surface area contributed by atoms with E-state index in [-0.39, 0.29) is 0 Å². The normalized spacial score (nSPS) is 19.0. The van der Waals surface area contributed by atoms with Gasteiger partial charge >= 0.3 is 0 Å². The van der Waals surface area contributed by atoms with Gasteiger partial charge in [-0.1, -0.05) is 63.9 Å². The van der Waals surface area contributed by atoms with Crippen LogP contribution < -0.4 is 5.32 Å².